The first kappa shape index (κ1) is 23.7. The second-order valence-electron chi connectivity index (χ2n) is 8.50. The third-order valence-electron chi connectivity index (χ3n) is 5.31. The predicted molar refractivity (Wildman–Crippen MR) is 127 cm³/mol. The number of carbonyl (C=O) groups excluding carboxylic acids is 1. The van der Waals surface area contributed by atoms with Gasteiger partial charge in [-0.15, -0.1) is 0 Å². The molecule has 1 amide bonds. The summed E-state index contributed by atoms with van der Waals surface area (Å²) in [7, 11) is 0. The second kappa shape index (κ2) is 9.44. The number of pyridine rings is 1. The number of fused-ring (bicyclic) bond motifs is 1. The Morgan fingerprint density at radius 3 is 2.63 bits per heavy atom. The molecule has 1 atom stereocenters. The second-order valence-corrected chi connectivity index (χ2v) is 8.50. The van der Waals surface area contributed by atoms with Gasteiger partial charge >= 0.3 is 0 Å². The van der Waals surface area contributed by atoms with Crippen LogP contribution in [0.1, 0.15) is 35.6 Å². The maximum Gasteiger partial charge on any atom is 0.255 e. The number of anilines is 2. The minimum atomic E-state index is -1.66. The van der Waals surface area contributed by atoms with Gasteiger partial charge in [0.05, 0.1) is 70.1 Å². The van der Waals surface area contributed by atoms with Gasteiger partial charge in [-0.1, -0.05) is 0 Å². The smallest absolute Gasteiger partial charge is 0.255 e. The van der Waals surface area contributed by atoms with Gasteiger partial charge in [0, 0.05) is 6.20 Å². The van der Waals surface area contributed by atoms with Gasteiger partial charge in [-0.2, -0.15) is 10.4 Å². The SMILES string of the molecule is Cc1ncc(Nc2cc(-c3ccc4cc(C#N)cnn34)ncc2C(=O)NC[C@@H](F)C(C)(C)O)cn1. The quantitative estimate of drug-likeness (QED) is 0.371. The highest BCUT2D eigenvalue weighted by Crippen LogP contribution is 2.27. The van der Waals surface area contributed by atoms with E-state index in [0.717, 1.165) is 0 Å². The van der Waals surface area contributed by atoms with Crippen LogP contribution in [0, 0.1) is 18.3 Å². The van der Waals surface area contributed by atoms with Gasteiger partial charge in [-0.25, -0.2) is 18.9 Å². The average molecular weight is 475 g/mol. The number of nitriles is 1. The third-order valence-corrected chi connectivity index (χ3v) is 5.31. The first-order chi connectivity index (χ1) is 16.7. The number of hydrogen-bond acceptors (Lipinski definition) is 8. The van der Waals surface area contributed by atoms with Crippen LogP contribution in [0.2, 0.25) is 0 Å². The van der Waals surface area contributed by atoms with E-state index in [1.165, 1.54) is 26.2 Å². The highest BCUT2D eigenvalue weighted by molar-refractivity contribution is 6.00. The zero-order chi connectivity index (χ0) is 25.2. The zero-order valence-electron chi connectivity index (χ0n) is 19.3. The Balaban J connectivity index is 1.71. The van der Waals surface area contributed by atoms with Crippen molar-refractivity contribution in [2.75, 3.05) is 11.9 Å². The van der Waals surface area contributed by atoms with Gasteiger partial charge in [0.2, 0.25) is 0 Å². The maximum absolute atomic E-state index is 14.2. The monoisotopic (exact) mass is 474 g/mol. The summed E-state index contributed by atoms with van der Waals surface area (Å²) in [6, 6.07) is 9.05. The summed E-state index contributed by atoms with van der Waals surface area (Å²) in [5, 5.41) is 28.9. The topological polar surface area (TPSA) is 141 Å². The first-order valence-electron chi connectivity index (χ1n) is 10.7. The van der Waals surface area contributed by atoms with Gasteiger partial charge in [-0.3, -0.25) is 9.78 Å². The fourth-order valence-corrected chi connectivity index (χ4v) is 3.27. The van der Waals surface area contributed by atoms with E-state index < -0.39 is 17.7 Å². The molecule has 0 aliphatic rings. The van der Waals surface area contributed by atoms with E-state index in [1.54, 1.807) is 42.0 Å². The van der Waals surface area contributed by atoms with Gasteiger partial charge in [-0.05, 0) is 45.0 Å². The van der Waals surface area contributed by atoms with E-state index in [4.69, 9.17) is 5.26 Å². The molecule has 0 bridgehead atoms. The number of aryl methyl sites for hydroxylation is 1. The normalized spacial score (nSPS) is 12.2. The van der Waals surface area contributed by atoms with Crippen LogP contribution in [-0.4, -0.2) is 53.9 Å². The molecule has 178 valence electrons. The lowest BCUT2D eigenvalue weighted by atomic mass is 10.0. The van der Waals surface area contributed by atoms with Gasteiger partial charge in [0.1, 0.15) is 18.1 Å². The highest BCUT2D eigenvalue weighted by Gasteiger charge is 2.27. The Hall–Kier alpha value is -4.43. The van der Waals surface area contributed by atoms with Crippen molar-refractivity contribution in [1.29, 1.82) is 5.26 Å². The predicted octanol–water partition coefficient (Wildman–Crippen LogP) is 2.95. The fourth-order valence-electron chi connectivity index (χ4n) is 3.27. The number of carbonyl (C=O) groups is 1. The molecule has 0 saturated heterocycles. The van der Waals surface area contributed by atoms with E-state index >= 15 is 0 Å². The van der Waals surface area contributed by atoms with Crippen LogP contribution in [0.15, 0.2) is 49.1 Å². The lowest BCUT2D eigenvalue weighted by Crippen LogP contribution is -2.42. The summed E-state index contributed by atoms with van der Waals surface area (Å²) in [6.07, 6.45) is 4.33. The van der Waals surface area contributed by atoms with E-state index in [2.05, 4.69) is 36.8 Å². The number of alkyl halides is 1. The molecule has 0 spiro atoms. The molecule has 11 heteroatoms. The van der Waals surface area contributed by atoms with Crippen LogP contribution in [0.5, 0.6) is 0 Å². The molecule has 0 saturated carbocycles. The van der Waals surface area contributed by atoms with Gasteiger partial charge < -0.3 is 15.7 Å². The molecule has 0 fully saturated rings. The Bertz CT molecular complexity index is 1420. The Morgan fingerprint density at radius 2 is 1.94 bits per heavy atom. The van der Waals surface area contributed by atoms with Crippen molar-refractivity contribution in [3.63, 3.8) is 0 Å². The van der Waals surface area contributed by atoms with Gasteiger partial charge in [0.25, 0.3) is 5.91 Å². The van der Waals surface area contributed by atoms with E-state index in [0.29, 0.717) is 39.7 Å². The number of amides is 1. The van der Waals surface area contributed by atoms with Crippen molar-refractivity contribution in [3.05, 3.63) is 66.0 Å². The number of rotatable bonds is 7. The molecular weight excluding hydrogens is 451 g/mol. The van der Waals surface area contributed by atoms with Crippen LogP contribution in [0.25, 0.3) is 16.9 Å². The number of aliphatic hydroxyl groups is 1. The maximum atomic E-state index is 14.2. The number of aromatic nitrogens is 5. The molecule has 0 aliphatic carbocycles. The number of halogens is 1. The molecule has 0 unspecified atom stereocenters. The molecule has 4 aromatic rings. The molecule has 10 nitrogen and oxygen atoms in total. The Labute approximate surface area is 200 Å². The summed E-state index contributed by atoms with van der Waals surface area (Å²) in [5.74, 6) is 0.0234. The van der Waals surface area contributed by atoms with Crippen LogP contribution < -0.4 is 10.6 Å². The molecule has 4 heterocycles. The van der Waals surface area contributed by atoms with Crippen molar-refractivity contribution >= 4 is 22.8 Å². The van der Waals surface area contributed by atoms with Crippen LogP contribution in [-0.2, 0) is 0 Å². The molecule has 0 aromatic carbocycles. The number of nitrogens with zero attached hydrogens (tertiary/aromatic N) is 6. The lowest BCUT2D eigenvalue weighted by molar-refractivity contribution is -0.00177. The minimum Gasteiger partial charge on any atom is -0.387 e. The van der Waals surface area contributed by atoms with Crippen LogP contribution >= 0.6 is 0 Å². The average Bonchev–Trinajstić information content (AvgIpc) is 3.26. The van der Waals surface area contributed by atoms with Gasteiger partial charge in [0.15, 0.2) is 0 Å². The van der Waals surface area contributed by atoms with E-state index in [-0.39, 0.29) is 12.1 Å². The summed E-state index contributed by atoms with van der Waals surface area (Å²) >= 11 is 0. The Kier molecular flexibility index (Phi) is 6.40. The van der Waals surface area contributed by atoms with Crippen molar-refractivity contribution in [3.8, 4) is 17.5 Å². The van der Waals surface area contributed by atoms with Crippen LogP contribution in [0.4, 0.5) is 15.8 Å². The van der Waals surface area contributed by atoms with Crippen molar-refractivity contribution in [1.82, 2.24) is 29.9 Å². The standard InChI is InChI=1S/C24H23FN8O2/c1-14-27-10-16(11-28-14)32-19-7-20(21-5-4-17-6-15(8-26)9-31-33(17)21)29-12-18(19)23(34)30-13-22(25)24(2,3)35/h4-7,9-12,22,35H,13H2,1-3H3,(H,29,32)(H,30,34)/t22-/m1/s1. The summed E-state index contributed by atoms with van der Waals surface area (Å²) in [5.41, 5.74) is 1.80. The molecule has 3 N–H and O–H groups in total. The third kappa shape index (κ3) is 5.23. The molecule has 35 heavy (non-hydrogen) atoms. The van der Waals surface area contributed by atoms with E-state index in [9.17, 15) is 14.3 Å². The number of nitrogens with one attached hydrogen (secondary N) is 2. The largest absolute Gasteiger partial charge is 0.387 e. The summed E-state index contributed by atoms with van der Waals surface area (Å²) in [6.45, 7) is 4.05. The van der Waals surface area contributed by atoms with Crippen molar-refractivity contribution in [2.24, 2.45) is 0 Å². The molecule has 4 rings (SSSR count). The number of hydrogen-bond donors (Lipinski definition) is 3. The first-order valence-corrected chi connectivity index (χ1v) is 10.7. The van der Waals surface area contributed by atoms with Crippen molar-refractivity contribution in [2.45, 2.75) is 32.5 Å². The fraction of sp³-hybridized carbons (Fsp3) is 0.250. The summed E-state index contributed by atoms with van der Waals surface area (Å²) in [4.78, 5) is 25.6. The minimum absolute atomic E-state index is 0.165. The molecule has 0 radical (unpaired) electrons. The molecule has 4 aromatic heterocycles. The molecule has 0 aliphatic heterocycles. The lowest BCUT2D eigenvalue weighted by Gasteiger charge is -2.22. The Morgan fingerprint density at radius 1 is 1.20 bits per heavy atom. The molecular formula is C24H23FN8O2. The van der Waals surface area contributed by atoms with Crippen molar-refractivity contribution < 1.29 is 14.3 Å². The highest BCUT2D eigenvalue weighted by atomic mass is 19.1. The van der Waals surface area contributed by atoms with Crippen LogP contribution in [0.3, 0.4) is 0 Å². The summed E-state index contributed by atoms with van der Waals surface area (Å²) < 4.78 is 15.8. The zero-order valence-corrected chi connectivity index (χ0v) is 19.3. The van der Waals surface area contributed by atoms with E-state index in [1.807, 2.05) is 6.07 Å².